The minimum atomic E-state index is -0.485. The van der Waals surface area contributed by atoms with E-state index in [0.29, 0.717) is 11.6 Å². The first-order chi connectivity index (χ1) is 9.44. The number of aryl methyl sites for hydroxylation is 2. The average molecular weight is 295 g/mol. The van der Waals surface area contributed by atoms with Gasteiger partial charge in [-0.1, -0.05) is 11.6 Å². The van der Waals surface area contributed by atoms with Gasteiger partial charge in [0.1, 0.15) is 5.82 Å². The zero-order valence-corrected chi connectivity index (χ0v) is 11.8. The summed E-state index contributed by atoms with van der Waals surface area (Å²) in [5.41, 5.74) is 8.03. The van der Waals surface area contributed by atoms with Gasteiger partial charge < -0.3 is 5.73 Å². The summed E-state index contributed by atoms with van der Waals surface area (Å²) in [6.45, 7) is 3.73. The maximum atomic E-state index is 13.0. The highest BCUT2D eigenvalue weighted by Crippen LogP contribution is 2.18. The van der Waals surface area contributed by atoms with Crippen molar-refractivity contribution in [1.82, 2.24) is 9.97 Å². The molecule has 0 aliphatic carbocycles. The molecule has 20 heavy (non-hydrogen) atoms. The summed E-state index contributed by atoms with van der Waals surface area (Å²) in [7, 11) is 0. The van der Waals surface area contributed by atoms with Crippen LogP contribution in [0.25, 0.3) is 0 Å². The van der Waals surface area contributed by atoms with Gasteiger partial charge in [0.05, 0.1) is 22.1 Å². The molecule has 2 rings (SSSR count). The maximum absolute atomic E-state index is 13.0. The molecule has 1 aromatic heterocycles. The Kier molecular flexibility index (Phi) is 4.14. The third-order valence-corrected chi connectivity index (χ3v) is 2.72. The molecule has 0 bridgehead atoms. The van der Waals surface area contributed by atoms with Gasteiger partial charge in [-0.25, -0.2) is 9.38 Å². The largest absolute Gasteiger partial charge is 0.354 e. The Hall–Kier alpha value is -2.21. The first-order valence-corrected chi connectivity index (χ1v) is 6.25. The Balaban J connectivity index is 2.20. The van der Waals surface area contributed by atoms with Crippen LogP contribution in [0.5, 0.6) is 0 Å². The lowest BCUT2D eigenvalue weighted by Crippen LogP contribution is -2.72. The van der Waals surface area contributed by atoms with Gasteiger partial charge in [-0.2, -0.15) is 0 Å². The van der Waals surface area contributed by atoms with Crippen molar-refractivity contribution < 1.29 is 9.38 Å². The van der Waals surface area contributed by atoms with Gasteiger partial charge >= 0.3 is 5.95 Å². The number of hydrogen-bond donors (Lipinski definition) is 3. The summed E-state index contributed by atoms with van der Waals surface area (Å²) < 4.78 is 13.0. The third-order valence-electron chi connectivity index (χ3n) is 2.43. The number of benzene rings is 1. The molecular weight excluding hydrogens is 281 g/mol. The highest BCUT2D eigenvalue weighted by Gasteiger charge is 2.07. The smallest absolute Gasteiger partial charge is 0.322 e. The predicted molar refractivity (Wildman–Crippen MR) is 76.4 cm³/mol. The molecule has 7 heteroatoms. The summed E-state index contributed by atoms with van der Waals surface area (Å²) >= 11 is 5.69. The Morgan fingerprint density at radius 2 is 1.90 bits per heavy atom. The van der Waals surface area contributed by atoms with Crippen molar-refractivity contribution in [1.29, 1.82) is 0 Å². The van der Waals surface area contributed by atoms with Crippen molar-refractivity contribution in [2.45, 2.75) is 13.8 Å². The number of nitrogens with one attached hydrogen (secondary N) is 2. The van der Waals surface area contributed by atoms with E-state index in [0.717, 1.165) is 11.4 Å². The summed E-state index contributed by atoms with van der Waals surface area (Å²) in [4.78, 5) is 11.2. The van der Waals surface area contributed by atoms with Crippen molar-refractivity contribution in [2.24, 2.45) is 5.73 Å². The van der Waals surface area contributed by atoms with Gasteiger partial charge in [0.2, 0.25) is 0 Å². The number of halogens is 2. The average Bonchev–Trinajstić information content (AvgIpc) is 2.32. The van der Waals surface area contributed by atoms with Crippen LogP contribution in [0.1, 0.15) is 11.4 Å². The summed E-state index contributed by atoms with van der Waals surface area (Å²) in [5.74, 6) is 0.125. The lowest BCUT2D eigenvalue weighted by molar-refractivity contribution is -0.365. The lowest BCUT2D eigenvalue weighted by atomic mass is 10.3. The topological polar surface area (TPSA) is 77.8 Å². The molecule has 0 atom stereocenters. The van der Waals surface area contributed by atoms with E-state index < -0.39 is 5.82 Å². The Bertz CT molecular complexity index is 652. The molecule has 4 N–H and O–H groups in total. The van der Waals surface area contributed by atoms with E-state index in [4.69, 9.17) is 17.3 Å². The lowest BCUT2D eigenvalue weighted by Gasteiger charge is -2.02. The number of rotatable bonds is 2. The number of guanidine groups is 1. The molecule has 0 fully saturated rings. The fraction of sp³-hybridized carbons (Fsp3) is 0.154. The highest BCUT2D eigenvalue weighted by molar-refractivity contribution is 6.31. The third kappa shape index (κ3) is 3.64. The monoisotopic (exact) mass is 294 g/mol. The fourth-order valence-corrected chi connectivity index (χ4v) is 1.84. The van der Waals surface area contributed by atoms with Crippen LogP contribution >= 0.6 is 11.6 Å². The van der Waals surface area contributed by atoms with Gasteiger partial charge in [0, 0.05) is 6.07 Å². The van der Waals surface area contributed by atoms with Crippen LogP contribution in [0.15, 0.2) is 24.3 Å². The van der Waals surface area contributed by atoms with Crippen LogP contribution in [0.4, 0.5) is 16.0 Å². The zero-order valence-electron chi connectivity index (χ0n) is 11.0. The standard InChI is InChI=1S/C13H13ClFN5/c1-7-5-8(2)18-13(17-7)20-12(16)19-9-3-4-11(15)10(14)6-9/h3-6H,1-2H3,(H3,16,17,18,19,20)/p+1. The van der Waals surface area contributed by atoms with Crippen LogP contribution < -0.4 is 16.0 Å². The van der Waals surface area contributed by atoms with Gasteiger partial charge in [-0.15, -0.1) is 9.97 Å². The molecule has 0 aliphatic heterocycles. The second kappa shape index (κ2) is 5.83. The Morgan fingerprint density at radius 3 is 2.50 bits per heavy atom. The second-order valence-electron chi connectivity index (χ2n) is 4.27. The van der Waals surface area contributed by atoms with E-state index in [9.17, 15) is 4.39 Å². The van der Waals surface area contributed by atoms with Crippen LogP contribution in [0.2, 0.25) is 5.02 Å². The van der Waals surface area contributed by atoms with E-state index in [1.807, 2.05) is 19.9 Å². The van der Waals surface area contributed by atoms with Gasteiger partial charge in [-0.3, -0.25) is 5.32 Å². The molecule has 0 aliphatic rings. The van der Waals surface area contributed by atoms with Crippen molar-refractivity contribution >= 4 is 29.2 Å². The molecule has 1 heterocycles. The molecule has 0 spiro atoms. The number of anilines is 1. The van der Waals surface area contributed by atoms with Crippen LogP contribution in [0.3, 0.4) is 0 Å². The second-order valence-corrected chi connectivity index (χ2v) is 4.67. The fourth-order valence-electron chi connectivity index (χ4n) is 1.66. The highest BCUT2D eigenvalue weighted by atomic mass is 35.5. The molecule has 0 radical (unpaired) electrons. The minimum Gasteiger partial charge on any atom is -0.322 e. The first kappa shape index (κ1) is 14.2. The van der Waals surface area contributed by atoms with E-state index in [2.05, 4.69) is 20.3 Å². The summed E-state index contributed by atoms with van der Waals surface area (Å²) in [6.07, 6.45) is 0. The molecule has 0 saturated heterocycles. The normalized spacial score (nSPS) is 11.5. The van der Waals surface area contributed by atoms with Crippen molar-refractivity contribution in [3.63, 3.8) is 0 Å². The van der Waals surface area contributed by atoms with E-state index >= 15 is 0 Å². The van der Waals surface area contributed by atoms with Crippen molar-refractivity contribution in [3.8, 4) is 0 Å². The van der Waals surface area contributed by atoms with Crippen LogP contribution in [0, 0.1) is 19.7 Å². The molecular formula is C13H14ClFN5+. The van der Waals surface area contributed by atoms with E-state index in [1.165, 1.54) is 18.2 Å². The number of nitrogens with two attached hydrogens (primary N) is 1. The Morgan fingerprint density at radius 1 is 1.25 bits per heavy atom. The molecule has 104 valence electrons. The predicted octanol–water partition coefficient (Wildman–Crippen LogP) is 1.02. The first-order valence-electron chi connectivity index (χ1n) is 5.88. The van der Waals surface area contributed by atoms with Gasteiger partial charge in [0.25, 0.3) is 5.96 Å². The minimum absolute atomic E-state index is 0.0189. The van der Waals surface area contributed by atoms with Crippen molar-refractivity contribution in [3.05, 3.63) is 46.5 Å². The van der Waals surface area contributed by atoms with Gasteiger partial charge in [0.15, 0.2) is 0 Å². The maximum Gasteiger partial charge on any atom is 0.354 e. The summed E-state index contributed by atoms with van der Waals surface area (Å²) in [5, 5.41) is 2.87. The molecule has 0 unspecified atom stereocenters. The quantitative estimate of drug-likeness (QED) is 0.571. The van der Waals surface area contributed by atoms with E-state index in [1.54, 1.807) is 0 Å². The molecule has 0 amide bonds. The van der Waals surface area contributed by atoms with Crippen molar-refractivity contribution in [2.75, 3.05) is 5.32 Å². The number of hydrogen-bond acceptors (Lipinski definition) is 2. The molecule has 1 aromatic carbocycles. The molecule has 2 aromatic rings. The zero-order chi connectivity index (χ0) is 14.7. The van der Waals surface area contributed by atoms with Gasteiger partial charge in [-0.05, 0) is 32.0 Å². The SMILES string of the molecule is Cc1cc(C)nc([NH+]=C(N)Nc2ccc(F)c(Cl)c2)n1. The number of aromatic nitrogens is 2. The summed E-state index contributed by atoms with van der Waals surface area (Å²) in [6, 6.07) is 6.08. The molecule has 5 nitrogen and oxygen atoms in total. The number of nitrogens with zero attached hydrogens (tertiary/aromatic N) is 2. The van der Waals surface area contributed by atoms with E-state index in [-0.39, 0.29) is 11.0 Å². The van der Waals surface area contributed by atoms with Crippen LogP contribution in [-0.4, -0.2) is 15.9 Å². The van der Waals surface area contributed by atoms with Crippen LogP contribution in [-0.2, 0) is 0 Å². The Labute approximate surface area is 120 Å². The molecule has 0 saturated carbocycles.